The van der Waals surface area contributed by atoms with Gasteiger partial charge in [-0.2, -0.15) is 0 Å². The Hall–Kier alpha value is -2.89. The molecule has 140 valence electrons. The molecule has 0 aliphatic carbocycles. The van der Waals surface area contributed by atoms with E-state index in [1.54, 1.807) is 26.4 Å². The number of amides is 1. The molecular formula is C20H25NO5. The summed E-state index contributed by atoms with van der Waals surface area (Å²) in [6.07, 6.45) is 0.264. The minimum absolute atomic E-state index is 0.0797. The lowest BCUT2D eigenvalue weighted by molar-refractivity contribution is -0.120. The minimum Gasteiger partial charge on any atom is -0.494 e. The van der Waals surface area contributed by atoms with Gasteiger partial charge in [-0.05, 0) is 36.8 Å². The average Bonchev–Trinajstić information content (AvgIpc) is 2.66. The quantitative estimate of drug-likeness (QED) is 0.661. The number of ether oxygens (including phenoxy) is 4. The van der Waals surface area contributed by atoms with E-state index < -0.39 is 0 Å². The molecule has 0 radical (unpaired) electrons. The van der Waals surface area contributed by atoms with E-state index in [1.165, 1.54) is 0 Å². The summed E-state index contributed by atoms with van der Waals surface area (Å²) in [5.41, 5.74) is 0.852. The summed E-state index contributed by atoms with van der Waals surface area (Å²) in [7, 11) is 3.15. The molecule has 0 saturated heterocycles. The van der Waals surface area contributed by atoms with Crippen molar-refractivity contribution in [2.45, 2.75) is 13.3 Å². The number of hydrogen-bond donors (Lipinski definition) is 1. The van der Waals surface area contributed by atoms with Crippen LogP contribution in [0.2, 0.25) is 0 Å². The number of benzene rings is 2. The lowest BCUT2D eigenvalue weighted by atomic mass is 10.1. The predicted octanol–water partition coefficient (Wildman–Crippen LogP) is 2.84. The Morgan fingerprint density at radius 1 is 0.962 bits per heavy atom. The van der Waals surface area contributed by atoms with Gasteiger partial charge in [0.25, 0.3) is 0 Å². The highest BCUT2D eigenvalue weighted by molar-refractivity contribution is 5.78. The molecule has 26 heavy (non-hydrogen) atoms. The van der Waals surface area contributed by atoms with Crippen molar-refractivity contribution in [3.05, 3.63) is 48.0 Å². The standard InChI is InChI=1S/C20H25NO5/c1-4-25-16-6-5-7-17(14-16)26-11-10-21-20(22)13-15-8-9-18(23-2)19(12-15)24-3/h5-9,12,14H,4,10-11,13H2,1-3H3,(H,21,22). The van der Waals surface area contributed by atoms with E-state index in [2.05, 4.69) is 5.32 Å². The number of methoxy groups -OCH3 is 2. The third-order valence-electron chi connectivity index (χ3n) is 3.62. The van der Waals surface area contributed by atoms with Gasteiger partial charge in [-0.3, -0.25) is 4.79 Å². The highest BCUT2D eigenvalue weighted by Gasteiger charge is 2.08. The molecule has 0 bridgehead atoms. The second-order valence-corrected chi connectivity index (χ2v) is 5.47. The van der Waals surface area contributed by atoms with E-state index in [0.717, 1.165) is 11.3 Å². The summed E-state index contributed by atoms with van der Waals surface area (Å²) in [4.78, 5) is 12.1. The third-order valence-corrected chi connectivity index (χ3v) is 3.62. The Morgan fingerprint density at radius 2 is 1.69 bits per heavy atom. The Balaban J connectivity index is 1.76. The van der Waals surface area contributed by atoms with Gasteiger partial charge < -0.3 is 24.3 Å². The van der Waals surface area contributed by atoms with Crippen LogP contribution in [0, 0.1) is 0 Å². The first-order chi connectivity index (χ1) is 12.7. The molecule has 0 fully saturated rings. The van der Waals surface area contributed by atoms with Gasteiger partial charge in [0, 0.05) is 6.07 Å². The Kier molecular flexibility index (Phi) is 7.61. The molecule has 0 saturated carbocycles. The van der Waals surface area contributed by atoms with Gasteiger partial charge in [-0.15, -0.1) is 0 Å². The fraction of sp³-hybridized carbons (Fsp3) is 0.350. The average molecular weight is 359 g/mol. The smallest absolute Gasteiger partial charge is 0.224 e. The van der Waals surface area contributed by atoms with E-state index in [0.29, 0.717) is 37.0 Å². The van der Waals surface area contributed by atoms with Gasteiger partial charge in [0.05, 0.1) is 33.8 Å². The second kappa shape index (κ2) is 10.2. The van der Waals surface area contributed by atoms with Crippen molar-refractivity contribution in [1.82, 2.24) is 5.32 Å². The first-order valence-electron chi connectivity index (χ1n) is 8.49. The fourth-order valence-electron chi connectivity index (χ4n) is 2.42. The van der Waals surface area contributed by atoms with Crippen molar-refractivity contribution in [3.8, 4) is 23.0 Å². The van der Waals surface area contributed by atoms with Gasteiger partial charge in [-0.1, -0.05) is 12.1 Å². The summed E-state index contributed by atoms with van der Waals surface area (Å²) >= 11 is 0. The first kappa shape index (κ1) is 19.4. The zero-order valence-corrected chi connectivity index (χ0v) is 15.4. The van der Waals surface area contributed by atoms with Gasteiger partial charge in [0.1, 0.15) is 18.1 Å². The fourth-order valence-corrected chi connectivity index (χ4v) is 2.42. The van der Waals surface area contributed by atoms with E-state index in [4.69, 9.17) is 18.9 Å². The van der Waals surface area contributed by atoms with Crippen LogP contribution in [0.3, 0.4) is 0 Å². The van der Waals surface area contributed by atoms with E-state index >= 15 is 0 Å². The summed E-state index contributed by atoms with van der Waals surface area (Å²) < 4.78 is 21.5. The van der Waals surface area contributed by atoms with Crippen molar-refractivity contribution in [2.75, 3.05) is 34.0 Å². The molecule has 1 amide bonds. The van der Waals surface area contributed by atoms with E-state index in [-0.39, 0.29) is 12.3 Å². The molecule has 1 N–H and O–H groups in total. The molecule has 0 aliphatic rings. The third kappa shape index (κ3) is 5.88. The van der Waals surface area contributed by atoms with Crippen molar-refractivity contribution in [1.29, 1.82) is 0 Å². The van der Waals surface area contributed by atoms with Crippen LogP contribution in [0.5, 0.6) is 23.0 Å². The van der Waals surface area contributed by atoms with Gasteiger partial charge in [0.2, 0.25) is 5.91 Å². The lowest BCUT2D eigenvalue weighted by Crippen LogP contribution is -2.29. The molecule has 2 aromatic carbocycles. The molecule has 0 heterocycles. The normalized spacial score (nSPS) is 10.1. The van der Waals surface area contributed by atoms with Gasteiger partial charge >= 0.3 is 0 Å². The van der Waals surface area contributed by atoms with Crippen LogP contribution in [-0.2, 0) is 11.2 Å². The van der Waals surface area contributed by atoms with Crippen molar-refractivity contribution in [3.63, 3.8) is 0 Å². The highest BCUT2D eigenvalue weighted by Crippen LogP contribution is 2.27. The number of rotatable bonds is 10. The second-order valence-electron chi connectivity index (χ2n) is 5.47. The van der Waals surface area contributed by atoms with Crippen LogP contribution in [0.1, 0.15) is 12.5 Å². The van der Waals surface area contributed by atoms with Crippen molar-refractivity contribution < 1.29 is 23.7 Å². The first-order valence-corrected chi connectivity index (χ1v) is 8.49. The number of hydrogen-bond acceptors (Lipinski definition) is 5. The Bertz CT molecular complexity index is 717. The van der Waals surface area contributed by atoms with Gasteiger partial charge in [-0.25, -0.2) is 0 Å². The molecule has 6 heteroatoms. The maximum Gasteiger partial charge on any atom is 0.224 e. The minimum atomic E-state index is -0.0797. The van der Waals surface area contributed by atoms with Crippen LogP contribution in [0.15, 0.2) is 42.5 Å². The van der Waals surface area contributed by atoms with E-state index in [1.807, 2.05) is 37.3 Å². The van der Waals surface area contributed by atoms with Crippen molar-refractivity contribution >= 4 is 5.91 Å². The maximum atomic E-state index is 12.1. The van der Waals surface area contributed by atoms with Gasteiger partial charge in [0.15, 0.2) is 11.5 Å². The largest absolute Gasteiger partial charge is 0.494 e. The van der Waals surface area contributed by atoms with E-state index in [9.17, 15) is 4.79 Å². The summed E-state index contributed by atoms with van der Waals surface area (Å²) in [6.45, 7) is 3.34. The topological polar surface area (TPSA) is 66.0 Å². The Morgan fingerprint density at radius 3 is 2.38 bits per heavy atom. The van der Waals surface area contributed by atoms with Crippen LogP contribution >= 0.6 is 0 Å². The summed E-state index contributed by atoms with van der Waals surface area (Å²) in [5, 5.41) is 2.84. The molecule has 0 unspecified atom stereocenters. The number of carbonyl (C=O) groups excluding carboxylic acids is 1. The lowest BCUT2D eigenvalue weighted by Gasteiger charge is -2.11. The molecule has 6 nitrogen and oxygen atoms in total. The SMILES string of the molecule is CCOc1cccc(OCCNC(=O)Cc2ccc(OC)c(OC)c2)c1. The number of carbonyl (C=O) groups is 1. The molecule has 2 rings (SSSR count). The van der Waals surface area contributed by atoms with Crippen LogP contribution in [0.25, 0.3) is 0 Å². The summed E-state index contributed by atoms with van der Waals surface area (Å²) in [5.74, 6) is 2.64. The monoisotopic (exact) mass is 359 g/mol. The molecular weight excluding hydrogens is 334 g/mol. The predicted molar refractivity (Wildman–Crippen MR) is 99.4 cm³/mol. The molecule has 0 aromatic heterocycles. The van der Waals surface area contributed by atoms with Crippen molar-refractivity contribution in [2.24, 2.45) is 0 Å². The molecule has 0 aliphatic heterocycles. The number of nitrogens with one attached hydrogen (secondary N) is 1. The molecule has 0 spiro atoms. The zero-order valence-electron chi connectivity index (χ0n) is 15.4. The maximum absolute atomic E-state index is 12.1. The highest BCUT2D eigenvalue weighted by atomic mass is 16.5. The van der Waals surface area contributed by atoms with Crippen LogP contribution in [-0.4, -0.2) is 39.9 Å². The molecule has 0 atom stereocenters. The zero-order chi connectivity index (χ0) is 18.8. The Labute approximate surface area is 154 Å². The molecule has 2 aromatic rings. The van der Waals surface area contributed by atoms with Crippen LogP contribution in [0.4, 0.5) is 0 Å². The summed E-state index contributed by atoms with van der Waals surface area (Å²) in [6, 6.07) is 12.9. The van der Waals surface area contributed by atoms with Crippen LogP contribution < -0.4 is 24.3 Å².